The third-order valence-electron chi connectivity index (χ3n) is 9.89. The van der Waals surface area contributed by atoms with Crippen LogP contribution in [0.25, 0.3) is 106 Å². The Bertz CT molecular complexity index is 3100. The lowest BCUT2D eigenvalue weighted by Crippen LogP contribution is -2.06. The van der Waals surface area contributed by atoms with E-state index >= 15 is 0 Å². The van der Waals surface area contributed by atoms with Crippen molar-refractivity contribution >= 4 is 65.7 Å². The molecule has 4 aromatic heterocycles. The fourth-order valence-corrected chi connectivity index (χ4v) is 7.72. The quantitative estimate of drug-likeness (QED) is 0.189. The maximum atomic E-state index is 6.59. The molecule has 0 spiro atoms. The van der Waals surface area contributed by atoms with Crippen LogP contribution in [-0.2, 0) is 0 Å². The molecule has 0 atom stereocenters. The number of aromatic nitrogens is 4. The molecule has 0 bridgehead atoms. The number of para-hydroxylation sites is 3. The van der Waals surface area contributed by atoms with E-state index in [9.17, 15) is 0 Å². The Hall–Kier alpha value is -7.05. The van der Waals surface area contributed by atoms with Gasteiger partial charge in [-0.3, -0.25) is 4.57 Å². The molecule has 0 aliphatic rings. The number of rotatable bonds is 4. The summed E-state index contributed by atoms with van der Waals surface area (Å²) in [7, 11) is 0. The first-order valence-electron chi connectivity index (χ1n) is 17.0. The third-order valence-corrected chi connectivity index (χ3v) is 9.89. The summed E-state index contributed by atoms with van der Waals surface area (Å²) in [4.78, 5) is 15.6. The number of furan rings is 2. The van der Waals surface area contributed by atoms with E-state index in [0.29, 0.717) is 17.6 Å². The molecule has 11 aromatic rings. The van der Waals surface area contributed by atoms with Crippen LogP contribution < -0.4 is 0 Å². The molecule has 51 heavy (non-hydrogen) atoms. The second kappa shape index (κ2) is 10.7. The van der Waals surface area contributed by atoms with Crippen LogP contribution in [0.2, 0.25) is 0 Å². The molecule has 6 nitrogen and oxygen atoms in total. The van der Waals surface area contributed by atoms with Gasteiger partial charge in [-0.2, -0.15) is 9.97 Å². The van der Waals surface area contributed by atoms with Crippen LogP contribution in [0.1, 0.15) is 0 Å². The van der Waals surface area contributed by atoms with E-state index in [1.807, 2.05) is 66.7 Å². The van der Waals surface area contributed by atoms with E-state index in [1.165, 1.54) is 0 Å². The second-order valence-electron chi connectivity index (χ2n) is 12.8. The van der Waals surface area contributed by atoms with Crippen molar-refractivity contribution in [3.63, 3.8) is 0 Å². The fourth-order valence-electron chi connectivity index (χ4n) is 7.72. The van der Waals surface area contributed by atoms with Crippen molar-refractivity contribution in [3.8, 4) is 39.9 Å². The molecule has 6 heteroatoms. The first-order chi connectivity index (χ1) is 25.3. The average Bonchev–Trinajstić information content (AvgIpc) is 3.88. The van der Waals surface area contributed by atoms with Crippen LogP contribution in [0.3, 0.4) is 0 Å². The minimum atomic E-state index is 0.552. The highest BCUT2D eigenvalue weighted by Crippen LogP contribution is 2.44. The second-order valence-corrected chi connectivity index (χ2v) is 12.8. The van der Waals surface area contributed by atoms with Crippen LogP contribution in [0, 0.1) is 0 Å². The standard InChI is InChI=1S/C45H26N4O2/c1-2-13-27(14-3-1)43-46-44(48-45(47-43)49-34-21-7-4-15-28(34)29-16-5-8-22-35(29)49)33-20-12-26-39-42(33)41-31(19-11-25-38(41)51-39)30-18-10-24-37-40(30)32-17-6-9-23-36(32)50-37/h1-26H. The van der Waals surface area contributed by atoms with Crippen molar-refractivity contribution in [1.82, 2.24) is 19.5 Å². The molecule has 0 aliphatic carbocycles. The van der Waals surface area contributed by atoms with Gasteiger partial charge in [0.15, 0.2) is 11.6 Å². The lowest BCUT2D eigenvalue weighted by molar-refractivity contribution is 0.668. The van der Waals surface area contributed by atoms with Gasteiger partial charge in [-0.05, 0) is 47.5 Å². The summed E-state index contributed by atoms with van der Waals surface area (Å²) in [5, 5.41) is 6.39. The van der Waals surface area contributed by atoms with Gasteiger partial charge in [-0.25, -0.2) is 4.98 Å². The molecule has 0 amide bonds. The lowest BCUT2D eigenvalue weighted by atomic mass is 9.94. The molecular weight excluding hydrogens is 629 g/mol. The molecule has 0 aliphatic heterocycles. The summed E-state index contributed by atoms with van der Waals surface area (Å²) in [5.74, 6) is 1.71. The summed E-state index contributed by atoms with van der Waals surface area (Å²) < 4.78 is 15.0. The summed E-state index contributed by atoms with van der Waals surface area (Å²) in [5.41, 5.74) is 9.23. The highest BCUT2D eigenvalue weighted by molar-refractivity contribution is 6.21. The normalized spacial score (nSPS) is 11.9. The third kappa shape index (κ3) is 4.14. The number of hydrogen-bond acceptors (Lipinski definition) is 5. The number of benzene rings is 7. The molecular formula is C45H26N4O2. The Morgan fingerprint density at radius 3 is 1.55 bits per heavy atom. The largest absolute Gasteiger partial charge is 0.456 e. The topological polar surface area (TPSA) is 69.9 Å². The monoisotopic (exact) mass is 654 g/mol. The molecule has 4 heterocycles. The zero-order chi connectivity index (χ0) is 33.5. The Morgan fingerprint density at radius 1 is 0.353 bits per heavy atom. The molecule has 0 radical (unpaired) electrons. The minimum absolute atomic E-state index is 0.552. The maximum Gasteiger partial charge on any atom is 0.238 e. The van der Waals surface area contributed by atoms with Crippen molar-refractivity contribution in [2.75, 3.05) is 0 Å². The van der Waals surface area contributed by atoms with E-state index in [1.54, 1.807) is 0 Å². The summed E-state index contributed by atoms with van der Waals surface area (Å²) in [6.45, 7) is 0. The highest BCUT2D eigenvalue weighted by Gasteiger charge is 2.23. The van der Waals surface area contributed by atoms with Gasteiger partial charge in [-0.1, -0.05) is 121 Å². The molecule has 238 valence electrons. The van der Waals surface area contributed by atoms with Gasteiger partial charge >= 0.3 is 0 Å². The van der Waals surface area contributed by atoms with Crippen LogP contribution in [0.5, 0.6) is 0 Å². The summed E-state index contributed by atoms with van der Waals surface area (Å²) >= 11 is 0. The summed E-state index contributed by atoms with van der Waals surface area (Å²) in [6, 6.07) is 53.7. The maximum absolute atomic E-state index is 6.59. The van der Waals surface area contributed by atoms with E-state index in [2.05, 4.69) is 95.6 Å². The first-order valence-corrected chi connectivity index (χ1v) is 17.0. The number of nitrogens with zero attached hydrogens (tertiary/aromatic N) is 4. The SMILES string of the molecule is c1ccc(-c2nc(-c3cccc4oc5cccc(-c6cccc7oc8ccccc8c67)c5c34)nc(-n3c4ccccc4c4ccccc43)n2)cc1. The van der Waals surface area contributed by atoms with E-state index < -0.39 is 0 Å². The van der Waals surface area contributed by atoms with Crippen LogP contribution in [-0.4, -0.2) is 19.5 Å². The van der Waals surface area contributed by atoms with Crippen molar-refractivity contribution in [2.45, 2.75) is 0 Å². The average molecular weight is 655 g/mol. The van der Waals surface area contributed by atoms with Crippen molar-refractivity contribution in [3.05, 3.63) is 158 Å². The summed E-state index contributed by atoms with van der Waals surface area (Å²) in [6.07, 6.45) is 0. The van der Waals surface area contributed by atoms with Crippen LogP contribution in [0.4, 0.5) is 0 Å². The van der Waals surface area contributed by atoms with Gasteiger partial charge in [0.2, 0.25) is 5.95 Å². The highest BCUT2D eigenvalue weighted by atomic mass is 16.3. The molecule has 0 fully saturated rings. The Morgan fingerprint density at radius 2 is 0.843 bits per heavy atom. The van der Waals surface area contributed by atoms with Gasteiger partial charge in [0.05, 0.1) is 11.0 Å². The molecule has 11 rings (SSSR count). The number of fused-ring (bicyclic) bond motifs is 9. The first kappa shape index (κ1) is 27.9. The van der Waals surface area contributed by atoms with Gasteiger partial charge in [0.25, 0.3) is 0 Å². The predicted molar refractivity (Wildman–Crippen MR) is 205 cm³/mol. The smallest absolute Gasteiger partial charge is 0.238 e. The Labute approximate surface area is 290 Å². The van der Waals surface area contributed by atoms with Gasteiger partial charge < -0.3 is 8.83 Å². The van der Waals surface area contributed by atoms with Gasteiger partial charge in [0.1, 0.15) is 22.3 Å². The van der Waals surface area contributed by atoms with Crippen LogP contribution >= 0.6 is 0 Å². The molecule has 0 N–H and O–H groups in total. The molecule has 0 unspecified atom stereocenters. The van der Waals surface area contributed by atoms with E-state index in [0.717, 1.165) is 87.9 Å². The zero-order valence-electron chi connectivity index (χ0n) is 27.1. The fraction of sp³-hybridized carbons (Fsp3) is 0. The van der Waals surface area contributed by atoms with Crippen LogP contribution in [0.15, 0.2) is 167 Å². The van der Waals surface area contributed by atoms with Crippen molar-refractivity contribution < 1.29 is 8.83 Å². The Balaban J connectivity index is 1.23. The predicted octanol–water partition coefficient (Wildman–Crippen LogP) is 11.8. The zero-order valence-corrected chi connectivity index (χ0v) is 27.1. The van der Waals surface area contributed by atoms with E-state index in [4.69, 9.17) is 23.8 Å². The molecule has 0 saturated heterocycles. The van der Waals surface area contributed by atoms with Gasteiger partial charge in [0, 0.05) is 43.4 Å². The van der Waals surface area contributed by atoms with E-state index in [-0.39, 0.29) is 0 Å². The van der Waals surface area contributed by atoms with Crippen molar-refractivity contribution in [1.29, 1.82) is 0 Å². The van der Waals surface area contributed by atoms with Gasteiger partial charge in [-0.15, -0.1) is 0 Å². The minimum Gasteiger partial charge on any atom is -0.456 e. The molecule has 0 saturated carbocycles. The lowest BCUT2D eigenvalue weighted by Gasteiger charge is -2.12. The van der Waals surface area contributed by atoms with Crippen molar-refractivity contribution in [2.24, 2.45) is 0 Å². The Kier molecular flexibility index (Phi) is 5.86. The number of hydrogen-bond donors (Lipinski definition) is 0. The molecule has 7 aromatic carbocycles.